The van der Waals surface area contributed by atoms with Crippen molar-refractivity contribution < 1.29 is 14.5 Å². The number of nitro groups is 1. The van der Waals surface area contributed by atoms with E-state index in [2.05, 4.69) is 15.5 Å². The number of carbonyl (C=O) groups is 1. The number of benzene rings is 2. The maximum Gasteiger partial charge on any atom is 0.280 e. The molecule has 0 radical (unpaired) electrons. The van der Waals surface area contributed by atoms with Crippen molar-refractivity contribution in [2.45, 2.75) is 13.0 Å². The van der Waals surface area contributed by atoms with Gasteiger partial charge in [0.05, 0.1) is 11.1 Å². The highest BCUT2D eigenvalue weighted by molar-refractivity contribution is 5.87. The lowest BCUT2D eigenvalue weighted by atomic mass is 10.2. The van der Waals surface area contributed by atoms with Crippen molar-refractivity contribution in [3.05, 3.63) is 76.5 Å². The van der Waals surface area contributed by atoms with Crippen LogP contribution in [-0.4, -0.2) is 28.1 Å². The SMILES string of the molecule is C[C@@H](Oc1cccc2cccnc12)C(=O)N/N=C\c1cccc([N+](=O)[O-])c1. The van der Waals surface area contributed by atoms with Crippen LogP contribution in [0.1, 0.15) is 12.5 Å². The zero-order chi connectivity index (χ0) is 19.2. The van der Waals surface area contributed by atoms with Gasteiger partial charge >= 0.3 is 0 Å². The molecule has 1 N–H and O–H groups in total. The fraction of sp³-hybridized carbons (Fsp3) is 0.105. The van der Waals surface area contributed by atoms with Crippen LogP contribution < -0.4 is 10.2 Å². The summed E-state index contributed by atoms with van der Waals surface area (Å²) < 4.78 is 5.70. The second-order valence-electron chi connectivity index (χ2n) is 5.68. The lowest BCUT2D eigenvalue weighted by molar-refractivity contribution is -0.384. The number of hydrazone groups is 1. The van der Waals surface area contributed by atoms with Crippen LogP contribution in [0.2, 0.25) is 0 Å². The van der Waals surface area contributed by atoms with Crippen molar-refractivity contribution in [2.75, 3.05) is 0 Å². The number of hydrogen-bond donors (Lipinski definition) is 1. The molecular weight excluding hydrogens is 348 g/mol. The standard InChI is InChI=1S/C19H16N4O4/c1-13(27-17-9-3-6-15-7-4-10-20-18(15)17)19(24)22-21-12-14-5-2-8-16(11-14)23(25)26/h2-13H,1H3,(H,22,24)/b21-12-/t13-/m1/s1. The van der Waals surface area contributed by atoms with Crippen LogP contribution >= 0.6 is 0 Å². The van der Waals surface area contributed by atoms with E-state index in [1.165, 1.54) is 18.3 Å². The first kappa shape index (κ1) is 18.0. The van der Waals surface area contributed by atoms with Crippen LogP contribution in [0.15, 0.2) is 65.9 Å². The Morgan fingerprint density at radius 2 is 2.04 bits per heavy atom. The van der Waals surface area contributed by atoms with E-state index in [-0.39, 0.29) is 5.69 Å². The molecule has 2 aromatic carbocycles. The smallest absolute Gasteiger partial charge is 0.280 e. The van der Waals surface area contributed by atoms with Crippen molar-refractivity contribution in [2.24, 2.45) is 5.10 Å². The topological polar surface area (TPSA) is 107 Å². The summed E-state index contributed by atoms with van der Waals surface area (Å²) in [4.78, 5) is 26.7. The number of ether oxygens (including phenoxy) is 1. The quantitative estimate of drug-likeness (QED) is 0.411. The van der Waals surface area contributed by atoms with Gasteiger partial charge in [0.15, 0.2) is 6.10 Å². The van der Waals surface area contributed by atoms with Crippen molar-refractivity contribution in [3.63, 3.8) is 0 Å². The normalized spacial score (nSPS) is 12.0. The van der Waals surface area contributed by atoms with Gasteiger partial charge in [-0.05, 0) is 19.1 Å². The molecule has 136 valence electrons. The first-order valence-electron chi connectivity index (χ1n) is 8.12. The third-order valence-corrected chi connectivity index (χ3v) is 3.74. The van der Waals surface area contributed by atoms with E-state index in [9.17, 15) is 14.9 Å². The van der Waals surface area contributed by atoms with Gasteiger partial charge in [0.2, 0.25) is 0 Å². The molecule has 0 bridgehead atoms. The van der Waals surface area contributed by atoms with E-state index in [1.54, 1.807) is 31.3 Å². The minimum atomic E-state index is -0.806. The molecule has 0 saturated carbocycles. The minimum Gasteiger partial charge on any atom is -0.479 e. The van der Waals surface area contributed by atoms with E-state index >= 15 is 0 Å². The second-order valence-corrected chi connectivity index (χ2v) is 5.68. The van der Waals surface area contributed by atoms with Gasteiger partial charge in [0.1, 0.15) is 11.3 Å². The highest BCUT2D eigenvalue weighted by Gasteiger charge is 2.15. The predicted octanol–water partition coefficient (Wildman–Crippen LogP) is 3.06. The second kappa shape index (κ2) is 8.05. The summed E-state index contributed by atoms with van der Waals surface area (Å²) in [6, 6.07) is 15.1. The largest absolute Gasteiger partial charge is 0.479 e. The molecule has 1 aromatic heterocycles. The maximum absolute atomic E-state index is 12.2. The number of rotatable bonds is 6. The Bertz CT molecular complexity index is 1010. The molecule has 8 heteroatoms. The van der Waals surface area contributed by atoms with Crippen LogP contribution in [0.3, 0.4) is 0 Å². The number of amides is 1. The number of carbonyl (C=O) groups excluding carboxylic acids is 1. The summed E-state index contributed by atoms with van der Waals surface area (Å²) >= 11 is 0. The fourth-order valence-corrected chi connectivity index (χ4v) is 2.40. The first-order chi connectivity index (χ1) is 13.0. The monoisotopic (exact) mass is 364 g/mol. The third-order valence-electron chi connectivity index (χ3n) is 3.74. The number of para-hydroxylation sites is 1. The van der Waals surface area contributed by atoms with Crippen LogP contribution in [-0.2, 0) is 4.79 Å². The van der Waals surface area contributed by atoms with Gasteiger partial charge in [-0.15, -0.1) is 0 Å². The van der Waals surface area contributed by atoms with Crippen molar-refractivity contribution in [3.8, 4) is 5.75 Å². The molecule has 1 atom stereocenters. The molecule has 0 aliphatic heterocycles. The van der Waals surface area contributed by atoms with E-state index in [4.69, 9.17) is 4.74 Å². The Labute approximate surface area is 154 Å². The molecule has 27 heavy (non-hydrogen) atoms. The van der Waals surface area contributed by atoms with Gasteiger partial charge < -0.3 is 4.74 Å². The summed E-state index contributed by atoms with van der Waals surface area (Å²) in [5, 5.41) is 15.5. The van der Waals surface area contributed by atoms with Gasteiger partial charge in [0.25, 0.3) is 11.6 Å². The average Bonchev–Trinajstić information content (AvgIpc) is 2.68. The predicted molar refractivity (Wildman–Crippen MR) is 101 cm³/mol. The number of aromatic nitrogens is 1. The molecule has 0 aliphatic rings. The van der Waals surface area contributed by atoms with Crippen molar-refractivity contribution >= 4 is 28.7 Å². The molecule has 0 aliphatic carbocycles. The molecule has 8 nitrogen and oxygen atoms in total. The number of nitro benzene ring substituents is 1. The highest BCUT2D eigenvalue weighted by atomic mass is 16.6. The number of nitrogens with one attached hydrogen (secondary N) is 1. The lowest BCUT2D eigenvalue weighted by Gasteiger charge is -2.14. The Balaban J connectivity index is 1.64. The van der Waals surface area contributed by atoms with Crippen molar-refractivity contribution in [1.82, 2.24) is 10.4 Å². The summed E-state index contributed by atoms with van der Waals surface area (Å²) in [6.45, 7) is 1.60. The van der Waals surface area contributed by atoms with Gasteiger partial charge in [-0.3, -0.25) is 19.9 Å². The Hall–Kier alpha value is -3.81. The fourth-order valence-electron chi connectivity index (χ4n) is 2.40. The number of non-ortho nitro benzene ring substituents is 1. The zero-order valence-corrected chi connectivity index (χ0v) is 14.4. The van der Waals surface area contributed by atoms with Crippen LogP contribution in [0, 0.1) is 10.1 Å². The number of nitrogens with zero attached hydrogens (tertiary/aromatic N) is 3. The Kier molecular flexibility index (Phi) is 5.36. The van der Waals surface area contributed by atoms with E-state index in [1.807, 2.05) is 24.3 Å². The number of fused-ring (bicyclic) bond motifs is 1. The molecule has 1 amide bonds. The third kappa shape index (κ3) is 4.43. The highest BCUT2D eigenvalue weighted by Crippen LogP contribution is 2.23. The van der Waals surface area contributed by atoms with Gasteiger partial charge in [-0.25, -0.2) is 5.43 Å². The molecule has 3 aromatic rings. The number of hydrogen-bond acceptors (Lipinski definition) is 6. The van der Waals surface area contributed by atoms with Gasteiger partial charge in [-0.2, -0.15) is 5.10 Å². The molecular formula is C19H16N4O4. The van der Waals surface area contributed by atoms with E-state index < -0.39 is 16.9 Å². The molecule has 0 spiro atoms. The minimum absolute atomic E-state index is 0.0505. The maximum atomic E-state index is 12.2. The summed E-state index contributed by atoms with van der Waals surface area (Å²) in [5.74, 6) is 0.0445. The summed E-state index contributed by atoms with van der Waals surface area (Å²) in [6.07, 6.45) is 2.18. The summed E-state index contributed by atoms with van der Waals surface area (Å²) in [5.41, 5.74) is 3.48. The van der Waals surface area contributed by atoms with Crippen molar-refractivity contribution in [1.29, 1.82) is 0 Å². The molecule has 3 rings (SSSR count). The van der Waals surface area contributed by atoms with E-state index in [0.29, 0.717) is 16.8 Å². The molecule has 0 saturated heterocycles. The molecule has 1 heterocycles. The van der Waals surface area contributed by atoms with Crippen LogP contribution in [0.4, 0.5) is 5.69 Å². The molecule has 0 unspecified atom stereocenters. The van der Waals surface area contributed by atoms with Crippen LogP contribution in [0.25, 0.3) is 10.9 Å². The lowest BCUT2D eigenvalue weighted by Crippen LogP contribution is -2.33. The Morgan fingerprint density at radius 3 is 2.85 bits per heavy atom. The van der Waals surface area contributed by atoms with E-state index in [0.717, 1.165) is 5.39 Å². The zero-order valence-electron chi connectivity index (χ0n) is 14.4. The van der Waals surface area contributed by atoms with Gasteiger partial charge in [-0.1, -0.05) is 30.3 Å². The number of pyridine rings is 1. The average molecular weight is 364 g/mol. The molecule has 0 fully saturated rings. The Morgan fingerprint density at radius 1 is 1.26 bits per heavy atom. The van der Waals surface area contributed by atoms with Gasteiger partial charge in [0, 0.05) is 29.3 Å². The summed E-state index contributed by atoms with van der Waals surface area (Å²) in [7, 11) is 0. The first-order valence-corrected chi connectivity index (χ1v) is 8.12. The van der Waals surface area contributed by atoms with Crippen LogP contribution in [0.5, 0.6) is 5.75 Å².